The summed E-state index contributed by atoms with van der Waals surface area (Å²) in [6.07, 6.45) is 2.84. The molecule has 104 valence electrons. The van der Waals surface area contributed by atoms with Crippen molar-refractivity contribution in [2.45, 2.75) is 12.8 Å². The Morgan fingerprint density at radius 2 is 2.00 bits per heavy atom. The van der Waals surface area contributed by atoms with Gasteiger partial charge in [0.15, 0.2) is 5.78 Å². The van der Waals surface area contributed by atoms with Gasteiger partial charge in [-0.1, -0.05) is 0 Å². The van der Waals surface area contributed by atoms with Crippen molar-refractivity contribution in [3.8, 4) is 0 Å². The van der Waals surface area contributed by atoms with Gasteiger partial charge in [-0.25, -0.2) is 8.42 Å². The van der Waals surface area contributed by atoms with Gasteiger partial charge in [-0.05, 0) is 37.1 Å². The van der Waals surface area contributed by atoms with E-state index in [0.717, 1.165) is 25.7 Å². The topological polar surface area (TPSA) is 72.5 Å². The van der Waals surface area contributed by atoms with E-state index in [1.165, 1.54) is 0 Å². The van der Waals surface area contributed by atoms with Crippen molar-refractivity contribution >= 4 is 21.5 Å². The highest BCUT2D eigenvalue weighted by Crippen LogP contribution is 2.20. The number of benzene rings is 1. The van der Waals surface area contributed by atoms with E-state index in [1.807, 2.05) is 0 Å². The van der Waals surface area contributed by atoms with Crippen LogP contribution in [0.15, 0.2) is 24.3 Å². The first-order chi connectivity index (χ1) is 8.96. The Kier molecular flexibility index (Phi) is 4.21. The van der Waals surface area contributed by atoms with E-state index in [9.17, 15) is 13.2 Å². The van der Waals surface area contributed by atoms with Gasteiger partial charge in [-0.3, -0.25) is 9.52 Å². The predicted molar refractivity (Wildman–Crippen MR) is 72.8 cm³/mol. The van der Waals surface area contributed by atoms with E-state index >= 15 is 0 Å². The Morgan fingerprint density at radius 3 is 2.53 bits per heavy atom. The van der Waals surface area contributed by atoms with Gasteiger partial charge in [0, 0.05) is 23.8 Å². The summed E-state index contributed by atoms with van der Waals surface area (Å²) in [7, 11) is -3.29. The minimum absolute atomic E-state index is 0.0607. The SMILES string of the molecule is CS(=O)(=O)Nc1ccc(C(=O)C2CCCOC2)cc1. The molecule has 2 rings (SSSR count). The zero-order valence-corrected chi connectivity index (χ0v) is 11.6. The molecule has 19 heavy (non-hydrogen) atoms. The zero-order chi connectivity index (χ0) is 13.9. The number of rotatable bonds is 4. The summed E-state index contributed by atoms with van der Waals surface area (Å²) in [6, 6.07) is 6.48. The second-order valence-corrected chi connectivity index (χ2v) is 6.48. The average Bonchev–Trinajstić information content (AvgIpc) is 2.38. The molecule has 0 amide bonds. The van der Waals surface area contributed by atoms with Crippen molar-refractivity contribution in [1.29, 1.82) is 0 Å². The van der Waals surface area contributed by atoms with E-state index in [0.29, 0.717) is 17.9 Å². The monoisotopic (exact) mass is 283 g/mol. The minimum Gasteiger partial charge on any atom is -0.381 e. The molecule has 0 spiro atoms. The van der Waals surface area contributed by atoms with Crippen LogP contribution in [0.5, 0.6) is 0 Å². The van der Waals surface area contributed by atoms with Crippen molar-refractivity contribution in [2.24, 2.45) is 5.92 Å². The lowest BCUT2D eigenvalue weighted by molar-refractivity contribution is 0.0461. The fourth-order valence-corrected chi connectivity index (χ4v) is 2.66. The zero-order valence-electron chi connectivity index (χ0n) is 10.8. The van der Waals surface area contributed by atoms with Gasteiger partial charge >= 0.3 is 0 Å². The van der Waals surface area contributed by atoms with Gasteiger partial charge in [0.25, 0.3) is 0 Å². The molecule has 6 heteroatoms. The van der Waals surface area contributed by atoms with Crippen molar-refractivity contribution in [1.82, 2.24) is 0 Å². The van der Waals surface area contributed by atoms with Gasteiger partial charge in [-0.15, -0.1) is 0 Å². The van der Waals surface area contributed by atoms with Crippen molar-refractivity contribution in [3.63, 3.8) is 0 Å². The quantitative estimate of drug-likeness (QED) is 0.853. The highest BCUT2D eigenvalue weighted by molar-refractivity contribution is 7.92. The van der Waals surface area contributed by atoms with Crippen molar-refractivity contribution in [3.05, 3.63) is 29.8 Å². The molecule has 0 saturated carbocycles. The number of carbonyl (C=O) groups is 1. The molecule has 0 bridgehead atoms. The molecule has 1 atom stereocenters. The van der Waals surface area contributed by atoms with Crippen LogP contribution < -0.4 is 4.72 Å². The van der Waals surface area contributed by atoms with E-state index in [2.05, 4.69) is 4.72 Å². The number of ketones is 1. The molecule has 1 aromatic rings. The second-order valence-electron chi connectivity index (χ2n) is 4.73. The molecule has 0 radical (unpaired) electrons. The van der Waals surface area contributed by atoms with Crippen LogP contribution in [-0.4, -0.2) is 33.7 Å². The number of Topliss-reactive ketones (excluding diaryl/α,β-unsaturated/α-hetero) is 1. The lowest BCUT2D eigenvalue weighted by atomic mass is 9.93. The maximum absolute atomic E-state index is 12.2. The first-order valence-electron chi connectivity index (χ1n) is 6.15. The van der Waals surface area contributed by atoms with Crippen LogP contribution in [0.25, 0.3) is 0 Å². The van der Waals surface area contributed by atoms with Crippen molar-refractivity contribution in [2.75, 3.05) is 24.2 Å². The van der Waals surface area contributed by atoms with Gasteiger partial charge < -0.3 is 4.74 Å². The van der Waals surface area contributed by atoms with Crippen LogP contribution in [0.2, 0.25) is 0 Å². The van der Waals surface area contributed by atoms with Crippen LogP contribution in [0.4, 0.5) is 5.69 Å². The number of ether oxygens (including phenoxy) is 1. The molecule has 1 aliphatic rings. The Bertz CT molecular complexity index is 545. The molecule has 1 aromatic carbocycles. The fourth-order valence-electron chi connectivity index (χ4n) is 2.10. The third-order valence-electron chi connectivity index (χ3n) is 3.00. The largest absolute Gasteiger partial charge is 0.381 e. The first-order valence-corrected chi connectivity index (χ1v) is 8.05. The number of sulfonamides is 1. The van der Waals surface area contributed by atoms with Gasteiger partial charge in [-0.2, -0.15) is 0 Å². The normalized spacial score (nSPS) is 19.9. The fraction of sp³-hybridized carbons (Fsp3) is 0.462. The van der Waals surface area contributed by atoms with Crippen LogP contribution in [0.3, 0.4) is 0 Å². The Labute approximate surface area is 113 Å². The molecule has 1 N–H and O–H groups in total. The van der Waals surface area contributed by atoms with Crippen LogP contribution in [-0.2, 0) is 14.8 Å². The van der Waals surface area contributed by atoms with E-state index in [1.54, 1.807) is 24.3 Å². The van der Waals surface area contributed by atoms with Gasteiger partial charge in [0.2, 0.25) is 10.0 Å². The number of nitrogens with one attached hydrogen (secondary N) is 1. The summed E-state index contributed by atoms with van der Waals surface area (Å²) in [5.41, 5.74) is 1.05. The smallest absolute Gasteiger partial charge is 0.229 e. The number of anilines is 1. The van der Waals surface area contributed by atoms with E-state index in [-0.39, 0.29) is 11.7 Å². The average molecular weight is 283 g/mol. The molecular formula is C13H17NO4S. The van der Waals surface area contributed by atoms with Crippen LogP contribution in [0, 0.1) is 5.92 Å². The molecule has 1 fully saturated rings. The minimum atomic E-state index is -3.29. The van der Waals surface area contributed by atoms with E-state index in [4.69, 9.17) is 4.74 Å². The lowest BCUT2D eigenvalue weighted by Gasteiger charge is -2.20. The van der Waals surface area contributed by atoms with Crippen molar-refractivity contribution < 1.29 is 17.9 Å². The molecule has 1 heterocycles. The molecule has 1 unspecified atom stereocenters. The first kappa shape index (κ1) is 14.0. The Hall–Kier alpha value is -1.40. The van der Waals surface area contributed by atoms with Crippen LogP contribution >= 0.6 is 0 Å². The summed E-state index contributed by atoms with van der Waals surface area (Å²) in [5, 5.41) is 0. The highest BCUT2D eigenvalue weighted by atomic mass is 32.2. The second kappa shape index (κ2) is 5.71. The maximum atomic E-state index is 12.2. The van der Waals surface area contributed by atoms with Crippen LogP contribution in [0.1, 0.15) is 23.2 Å². The van der Waals surface area contributed by atoms with Gasteiger partial charge in [0.1, 0.15) is 0 Å². The number of hydrogen-bond donors (Lipinski definition) is 1. The molecule has 0 aliphatic carbocycles. The lowest BCUT2D eigenvalue weighted by Crippen LogP contribution is -2.25. The highest BCUT2D eigenvalue weighted by Gasteiger charge is 2.22. The summed E-state index contributed by atoms with van der Waals surface area (Å²) >= 11 is 0. The number of carbonyl (C=O) groups excluding carboxylic acids is 1. The Balaban J connectivity index is 2.07. The third kappa shape index (κ3) is 4.04. The molecule has 0 aromatic heterocycles. The molecule has 1 saturated heterocycles. The Morgan fingerprint density at radius 1 is 1.32 bits per heavy atom. The number of hydrogen-bond acceptors (Lipinski definition) is 4. The predicted octanol–water partition coefficient (Wildman–Crippen LogP) is 1.67. The molecule has 1 aliphatic heterocycles. The van der Waals surface area contributed by atoms with E-state index < -0.39 is 10.0 Å². The summed E-state index contributed by atoms with van der Waals surface area (Å²) in [6.45, 7) is 1.20. The third-order valence-corrected chi connectivity index (χ3v) is 3.61. The summed E-state index contributed by atoms with van der Waals surface area (Å²) in [5.74, 6) is -0.0203. The molecule has 5 nitrogen and oxygen atoms in total. The summed E-state index contributed by atoms with van der Waals surface area (Å²) in [4.78, 5) is 12.2. The van der Waals surface area contributed by atoms with Gasteiger partial charge in [0.05, 0.1) is 12.9 Å². The summed E-state index contributed by atoms with van der Waals surface area (Å²) < 4.78 is 29.8. The standard InChI is InChI=1S/C13H17NO4S/c1-19(16,17)14-12-6-4-10(5-7-12)13(15)11-3-2-8-18-9-11/h4-7,11,14H,2-3,8-9H2,1H3. The maximum Gasteiger partial charge on any atom is 0.229 e. The molecular weight excluding hydrogens is 266 g/mol.